The van der Waals surface area contributed by atoms with Crippen molar-refractivity contribution in [1.29, 1.82) is 0 Å². The lowest BCUT2D eigenvalue weighted by Crippen LogP contribution is -2.49. The van der Waals surface area contributed by atoms with Crippen LogP contribution in [0.3, 0.4) is 0 Å². The predicted molar refractivity (Wildman–Crippen MR) is 86.7 cm³/mol. The van der Waals surface area contributed by atoms with Gasteiger partial charge in [0.1, 0.15) is 0 Å². The van der Waals surface area contributed by atoms with E-state index in [1.807, 2.05) is 6.92 Å². The van der Waals surface area contributed by atoms with Crippen LogP contribution in [0.1, 0.15) is 25.3 Å². The largest absolute Gasteiger partial charge is 0.398 e. The molecule has 5 nitrogen and oxygen atoms in total. The van der Waals surface area contributed by atoms with Crippen molar-refractivity contribution in [2.24, 2.45) is 0 Å². The third-order valence-electron chi connectivity index (χ3n) is 4.03. The van der Waals surface area contributed by atoms with Crippen LogP contribution in [-0.2, 0) is 14.8 Å². The van der Waals surface area contributed by atoms with Gasteiger partial charge in [0.25, 0.3) is 0 Å². The number of rotatable bonds is 3. The number of anilines is 1. The lowest BCUT2D eigenvalue weighted by Gasteiger charge is -2.38. The summed E-state index contributed by atoms with van der Waals surface area (Å²) in [5.41, 5.74) is 6.51. The highest BCUT2D eigenvalue weighted by Gasteiger charge is 2.37. The summed E-state index contributed by atoms with van der Waals surface area (Å²) in [6, 6.07) is 3.26. The molecule has 2 rings (SSSR count). The standard InChI is InChI=1S/C14H21BrN2O3S/c1-10-7-11(15)12(16)8-13(10)21(18,19)17-6-4-5-14(2,9-17)20-3/h7-8H,4-6,9,16H2,1-3H3. The van der Waals surface area contributed by atoms with Crippen molar-refractivity contribution in [1.82, 2.24) is 4.31 Å². The molecule has 21 heavy (non-hydrogen) atoms. The molecule has 0 spiro atoms. The molecule has 0 aliphatic carbocycles. The molecule has 1 unspecified atom stereocenters. The van der Waals surface area contributed by atoms with Gasteiger partial charge in [0.05, 0.1) is 10.5 Å². The Morgan fingerprint density at radius 2 is 2.10 bits per heavy atom. The zero-order valence-electron chi connectivity index (χ0n) is 12.5. The summed E-state index contributed by atoms with van der Waals surface area (Å²) in [6.07, 6.45) is 1.64. The third kappa shape index (κ3) is 3.26. The molecule has 1 heterocycles. The van der Waals surface area contributed by atoms with E-state index in [0.717, 1.165) is 12.8 Å². The second kappa shape index (κ2) is 5.87. The Hall–Kier alpha value is -0.630. The van der Waals surface area contributed by atoms with E-state index in [1.165, 1.54) is 10.4 Å². The highest BCUT2D eigenvalue weighted by Crippen LogP contribution is 2.32. The molecule has 1 aromatic carbocycles. The van der Waals surface area contributed by atoms with Crippen molar-refractivity contribution < 1.29 is 13.2 Å². The van der Waals surface area contributed by atoms with Gasteiger partial charge < -0.3 is 10.5 Å². The minimum absolute atomic E-state index is 0.267. The topological polar surface area (TPSA) is 72.6 Å². The van der Waals surface area contributed by atoms with Gasteiger partial charge in [0.15, 0.2) is 0 Å². The van der Waals surface area contributed by atoms with E-state index < -0.39 is 15.6 Å². The van der Waals surface area contributed by atoms with Crippen molar-refractivity contribution in [2.45, 2.75) is 37.2 Å². The SMILES string of the molecule is COC1(C)CCCN(S(=O)(=O)c2cc(N)c(Br)cc2C)C1. The monoisotopic (exact) mass is 376 g/mol. The Balaban J connectivity index is 2.41. The lowest BCUT2D eigenvalue weighted by atomic mass is 9.96. The Bertz CT molecular complexity index is 648. The molecule has 0 saturated carbocycles. The number of sulfonamides is 1. The van der Waals surface area contributed by atoms with Gasteiger partial charge in [0.2, 0.25) is 10.0 Å². The van der Waals surface area contributed by atoms with Crippen molar-refractivity contribution in [3.8, 4) is 0 Å². The zero-order valence-corrected chi connectivity index (χ0v) is 14.9. The number of benzene rings is 1. The molecule has 2 N–H and O–H groups in total. The van der Waals surface area contributed by atoms with Crippen LogP contribution in [0.5, 0.6) is 0 Å². The molecule has 1 saturated heterocycles. The summed E-state index contributed by atoms with van der Waals surface area (Å²) < 4.78 is 33.4. The Morgan fingerprint density at radius 3 is 2.71 bits per heavy atom. The van der Waals surface area contributed by atoms with Crippen LogP contribution in [-0.4, -0.2) is 38.5 Å². The highest BCUT2D eigenvalue weighted by atomic mass is 79.9. The average molecular weight is 377 g/mol. The van der Waals surface area contributed by atoms with E-state index in [2.05, 4.69) is 15.9 Å². The minimum Gasteiger partial charge on any atom is -0.398 e. The van der Waals surface area contributed by atoms with E-state index in [1.54, 1.807) is 20.1 Å². The molecule has 1 fully saturated rings. The second-order valence-electron chi connectivity index (χ2n) is 5.74. The third-order valence-corrected chi connectivity index (χ3v) is 6.70. The average Bonchev–Trinajstić information content (AvgIpc) is 2.42. The van der Waals surface area contributed by atoms with Gasteiger partial charge in [-0.2, -0.15) is 4.31 Å². The van der Waals surface area contributed by atoms with Crippen LogP contribution >= 0.6 is 15.9 Å². The molecule has 118 valence electrons. The van der Waals surface area contributed by atoms with Crippen molar-refractivity contribution in [3.63, 3.8) is 0 Å². The van der Waals surface area contributed by atoms with Gasteiger partial charge in [0, 0.05) is 30.4 Å². The normalized spacial score (nSPS) is 24.2. The number of piperidine rings is 1. The van der Waals surface area contributed by atoms with Crippen LogP contribution < -0.4 is 5.73 Å². The molecule has 7 heteroatoms. The van der Waals surface area contributed by atoms with Crippen LogP contribution in [0.15, 0.2) is 21.5 Å². The number of halogens is 1. The summed E-state index contributed by atoms with van der Waals surface area (Å²) >= 11 is 3.32. The second-order valence-corrected chi connectivity index (χ2v) is 8.50. The van der Waals surface area contributed by atoms with Gasteiger partial charge in [-0.05, 0) is 60.3 Å². The van der Waals surface area contributed by atoms with Gasteiger partial charge in [-0.3, -0.25) is 0 Å². The minimum atomic E-state index is -3.56. The number of aryl methyl sites for hydroxylation is 1. The summed E-state index contributed by atoms with van der Waals surface area (Å²) in [5, 5.41) is 0. The molecule has 0 bridgehead atoms. The molecule has 0 aromatic heterocycles. The van der Waals surface area contributed by atoms with Gasteiger partial charge in [-0.25, -0.2) is 8.42 Å². The molecule has 1 aliphatic rings. The van der Waals surface area contributed by atoms with Crippen molar-refractivity contribution in [2.75, 3.05) is 25.9 Å². The molecular formula is C14H21BrN2O3S. The fraction of sp³-hybridized carbons (Fsp3) is 0.571. The Labute approximate surface area is 134 Å². The van der Waals surface area contributed by atoms with Crippen molar-refractivity contribution in [3.05, 3.63) is 22.2 Å². The quantitative estimate of drug-likeness (QED) is 0.822. The fourth-order valence-electron chi connectivity index (χ4n) is 2.62. The number of ether oxygens (including phenoxy) is 1. The number of hydrogen-bond donors (Lipinski definition) is 1. The van der Waals surface area contributed by atoms with Crippen LogP contribution in [0, 0.1) is 6.92 Å². The summed E-state index contributed by atoms with van der Waals surface area (Å²) in [5.74, 6) is 0. The molecule has 0 radical (unpaired) electrons. The number of nitrogens with two attached hydrogens (primary N) is 1. The van der Waals surface area contributed by atoms with E-state index in [4.69, 9.17) is 10.5 Å². The maximum atomic E-state index is 12.9. The van der Waals surface area contributed by atoms with Crippen LogP contribution in [0.25, 0.3) is 0 Å². The summed E-state index contributed by atoms with van der Waals surface area (Å²) in [4.78, 5) is 0.267. The van der Waals surface area contributed by atoms with Gasteiger partial charge >= 0.3 is 0 Å². The van der Waals surface area contributed by atoms with E-state index in [9.17, 15) is 8.42 Å². The van der Waals surface area contributed by atoms with Gasteiger partial charge in [-0.1, -0.05) is 0 Å². The molecule has 1 aliphatic heterocycles. The number of methoxy groups -OCH3 is 1. The van der Waals surface area contributed by atoms with Crippen LogP contribution in [0.4, 0.5) is 5.69 Å². The maximum absolute atomic E-state index is 12.9. The molecule has 0 amide bonds. The molecule has 1 atom stereocenters. The molecule has 1 aromatic rings. The number of hydrogen-bond acceptors (Lipinski definition) is 4. The first-order chi connectivity index (χ1) is 9.69. The first kappa shape index (κ1) is 16.7. The summed E-state index contributed by atoms with van der Waals surface area (Å²) in [6.45, 7) is 4.59. The predicted octanol–water partition coefficient (Wildman–Crippen LogP) is 2.53. The highest BCUT2D eigenvalue weighted by molar-refractivity contribution is 9.10. The Kier molecular flexibility index (Phi) is 4.68. The van der Waals surface area contributed by atoms with Crippen molar-refractivity contribution >= 4 is 31.6 Å². The van der Waals surface area contributed by atoms with E-state index in [0.29, 0.717) is 28.8 Å². The van der Waals surface area contributed by atoms with E-state index >= 15 is 0 Å². The summed E-state index contributed by atoms with van der Waals surface area (Å²) in [7, 11) is -1.94. The number of nitrogen functional groups attached to an aromatic ring is 1. The zero-order chi connectivity index (χ0) is 15.8. The first-order valence-electron chi connectivity index (χ1n) is 6.80. The Morgan fingerprint density at radius 1 is 1.43 bits per heavy atom. The fourth-order valence-corrected chi connectivity index (χ4v) is 4.91. The van der Waals surface area contributed by atoms with Crippen LogP contribution in [0.2, 0.25) is 0 Å². The van der Waals surface area contributed by atoms with E-state index in [-0.39, 0.29) is 4.90 Å². The lowest BCUT2D eigenvalue weighted by molar-refractivity contribution is -0.0319. The maximum Gasteiger partial charge on any atom is 0.243 e. The first-order valence-corrected chi connectivity index (χ1v) is 9.04. The smallest absolute Gasteiger partial charge is 0.243 e. The number of nitrogens with zero attached hydrogens (tertiary/aromatic N) is 1. The van der Waals surface area contributed by atoms with Gasteiger partial charge in [-0.15, -0.1) is 0 Å². The molecular weight excluding hydrogens is 356 g/mol.